The fraction of sp³-hybridized carbons (Fsp3) is 0.300. The number of carbonyl (C=O) groups excluding carboxylic acids is 2. The molecule has 3 rings (SSSR count). The van der Waals surface area contributed by atoms with Crippen LogP contribution in [-0.2, 0) is 9.59 Å². The third-order valence-corrected chi connectivity index (χ3v) is 5.41. The molecule has 0 aliphatic carbocycles. The Hall–Kier alpha value is -2.27. The zero-order chi connectivity index (χ0) is 17.8. The van der Waals surface area contributed by atoms with Gasteiger partial charge in [-0.2, -0.15) is 0 Å². The molecule has 2 aromatic carbocycles. The Morgan fingerprint density at radius 2 is 1.92 bits per heavy atom. The maximum atomic E-state index is 12.4. The molecule has 1 fully saturated rings. The van der Waals surface area contributed by atoms with E-state index in [4.69, 9.17) is 0 Å². The van der Waals surface area contributed by atoms with Crippen LogP contribution in [0, 0.1) is 6.92 Å². The van der Waals surface area contributed by atoms with E-state index in [1.165, 1.54) is 0 Å². The number of nitrogens with zero attached hydrogens (tertiary/aromatic N) is 1. The minimum absolute atomic E-state index is 0.0298. The Morgan fingerprint density at radius 1 is 1.20 bits per heavy atom. The molecule has 1 heterocycles. The summed E-state index contributed by atoms with van der Waals surface area (Å²) in [6, 6.07) is 15.7. The van der Waals surface area contributed by atoms with Crippen molar-refractivity contribution in [3.05, 3.63) is 59.7 Å². The van der Waals surface area contributed by atoms with E-state index in [-0.39, 0.29) is 17.2 Å². The van der Waals surface area contributed by atoms with E-state index < -0.39 is 0 Å². The quantitative estimate of drug-likeness (QED) is 0.859. The fourth-order valence-corrected chi connectivity index (χ4v) is 4.12. The van der Waals surface area contributed by atoms with E-state index in [1.54, 1.807) is 11.8 Å². The van der Waals surface area contributed by atoms with Crippen molar-refractivity contribution < 1.29 is 9.59 Å². The number of hydrogen-bond donors (Lipinski definition) is 1. The van der Waals surface area contributed by atoms with E-state index >= 15 is 0 Å². The van der Waals surface area contributed by atoms with Crippen LogP contribution >= 0.6 is 11.8 Å². The highest BCUT2D eigenvalue weighted by molar-refractivity contribution is 8.00. The van der Waals surface area contributed by atoms with Crippen molar-refractivity contribution in [2.24, 2.45) is 0 Å². The van der Waals surface area contributed by atoms with Gasteiger partial charge in [-0.05, 0) is 42.7 Å². The molecular formula is C20H22N2O2S. The number of carbonyl (C=O) groups is 2. The average molecular weight is 354 g/mol. The SMILES string of the molecule is CCCC(=O)Nc1ccc([C@H]2SCC(=O)N2c2ccccc2C)cc1. The zero-order valence-electron chi connectivity index (χ0n) is 14.5. The second-order valence-electron chi connectivity index (χ2n) is 6.13. The Balaban J connectivity index is 1.82. The van der Waals surface area contributed by atoms with Crippen LogP contribution in [0.15, 0.2) is 48.5 Å². The highest BCUT2D eigenvalue weighted by Crippen LogP contribution is 2.42. The molecule has 2 aromatic rings. The van der Waals surface area contributed by atoms with Gasteiger partial charge in [0.1, 0.15) is 5.37 Å². The lowest BCUT2D eigenvalue weighted by Crippen LogP contribution is -2.28. The Labute approximate surface area is 152 Å². The lowest BCUT2D eigenvalue weighted by Gasteiger charge is -2.26. The van der Waals surface area contributed by atoms with Gasteiger partial charge in [-0.15, -0.1) is 11.8 Å². The second-order valence-corrected chi connectivity index (χ2v) is 7.20. The first-order valence-electron chi connectivity index (χ1n) is 8.49. The number of nitrogens with one attached hydrogen (secondary N) is 1. The molecule has 1 saturated heterocycles. The van der Waals surface area contributed by atoms with Crippen molar-refractivity contribution in [2.75, 3.05) is 16.0 Å². The van der Waals surface area contributed by atoms with Crippen LogP contribution in [-0.4, -0.2) is 17.6 Å². The van der Waals surface area contributed by atoms with E-state index in [2.05, 4.69) is 5.32 Å². The Kier molecular flexibility index (Phi) is 5.43. The fourth-order valence-electron chi connectivity index (χ4n) is 2.95. The average Bonchev–Trinajstić information content (AvgIpc) is 2.98. The molecule has 0 spiro atoms. The number of amides is 2. The number of para-hydroxylation sites is 1. The summed E-state index contributed by atoms with van der Waals surface area (Å²) < 4.78 is 0. The highest BCUT2D eigenvalue weighted by atomic mass is 32.2. The lowest BCUT2D eigenvalue weighted by molar-refractivity contribution is -0.116. The maximum Gasteiger partial charge on any atom is 0.238 e. The molecule has 0 saturated carbocycles. The molecule has 1 atom stereocenters. The molecule has 25 heavy (non-hydrogen) atoms. The van der Waals surface area contributed by atoms with Gasteiger partial charge < -0.3 is 5.32 Å². The molecule has 0 aromatic heterocycles. The van der Waals surface area contributed by atoms with Gasteiger partial charge in [0, 0.05) is 17.8 Å². The number of rotatable bonds is 5. The summed E-state index contributed by atoms with van der Waals surface area (Å²) in [5.41, 5.74) is 3.90. The molecule has 0 unspecified atom stereocenters. The summed E-state index contributed by atoms with van der Waals surface area (Å²) >= 11 is 1.63. The Morgan fingerprint density at radius 3 is 2.60 bits per heavy atom. The van der Waals surface area contributed by atoms with Crippen LogP contribution < -0.4 is 10.2 Å². The van der Waals surface area contributed by atoms with Crippen LogP contribution in [0.25, 0.3) is 0 Å². The van der Waals surface area contributed by atoms with Gasteiger partial charge in [0.25, 0.3) is 0 Å². The smallest absolute Gasteiger partial charge is 0.238 e. The van der Waals surface area contributed by atoms with Gasteiger partial charge in [0.15, 0.2) is 0 Å². The maximum absolute atomic E-state index is 12.4. The molecule has 1 aliphatic heterocycles. The molecule has 0 radical (unpaired) electrons. The first-order chi connectivity index (χ1) is 12.1. The van der Waals surface area contributed by atoms with Crippen LogP contribution in [0.4, 0.5) is 11.4 Å². The molecule has 130 valence electrons. The molecule has 0 bridgehead atoms. The van der Waals surface area contributed by atoms with Crippen molar-refractivity contribution in [1.82, 2.24) is 0 Å². The molecule has 2 amide bonds. The third kappa shape index (κ3) is 3.87. The van der Waals surface area contributed by atoms with Crippen LogP contribution in [0.1, 0.15) is 36.3 Å². The van der Waals surface area contributed by atoms with Crippen molar-refractivity contribution in [3.8, 4) is 0 Å². The topological polar surface area (TPSA) is 49.4 Å². The number of benzene rings is 2. The number of thioether (sulfide) groups is 1. The predicted octanol–water partition coefficient (Wildman–Crippen LogP) is 4.51. The number of anilines is 2. The highest BCUT2D eigenvalue weighted by Gasteiger charge is 2.34. The van der Waals surface area contributed by atoms with E-state index in [9.17, 15) is 9.59 Å². The monoisotopic (exact) mass is 354 g/mol. The summed E-state index contributed by atoms with van der Waals surface area (Å²) in [7, 11) is 0. The van der Waals surface area contributed by atoms with Gasteiger partial charge in [-0.3, -0.25) is 14.5 Å². The summed E-state index contributed by atoms with van der Waals surface area (Å²) in [5.74, 6) is 0.639. The normalized spacial score (nSPS) is 17.0. The third-order valence-electron chi connectivity index (χ3n) is 4.20. The van der Waals surface area contributed by atoms with Crippen molar-refractivity contribution in [2.45, 2.75) is 32.1 Å². The molecule has 1 N–H and O–H groups in total. The van der Waals surface area contributed by atoms with Crippen molar-refractivity contribution >= 4 is 35.0 Å². The number of aryl methyl sites for hydroxylation is 1. The lowest BCUT2D eigenvalue weighted by atomic mass is 10.1. The van der Waals surface area contributed by atoms with E-state index in [0.717, 1.165) is 28.9 Å². The summed E-state index contributed by atoms with van der Waals surface area (Å²) in [4.78, 5) is 26.0. The van der Waals surface area contributed by atoms with Crippen LogP contribution in [0.2, 0.25) is 0 Å². The zero-order valence-corrected chi connectivity index (χ0v) is 15.3. The summed E-state index contributed by atoms with van der Waals surface area (Å²) in [5, 5.41) is 2.86. The van der Waals surface area contributed by atoms with E-state index in [0.29, 0.717) is 12.2 Å². The number of hydrogen-bond acceptors (Lipinski definition) is 3. The minimum atomic E-state index is -0.0333. The largest absolute Gasteiger partial charge is 0.326 e. The summed E-state index contributed by atoms with van der Waals surface area (Å²) in [6.07, 6.45) is 1.35. The Bertz CT molecular complexity index is 774. The van der Waals surface area contributed by atoms with Crippen molar-refractivity contribution in [1.29, 1.82) is 0 Å². The first kappa shape index (κ1) is 17.5. The van der Waals surface area contributed by atoms with Gasteiger partial charge in [0.05, 0.1) is 5.75 Å². The summed E-state index contributed by atoms with van der Waals surface area (Å²) in [6.45, 7) is 4.01. The molecular weight excluding hydrogens is 332 g/mol. The first-order valence-corrected chi connectivity index (χ1v) is 9.54. The predicted molar refractivity (Wildman–Crippen MR) is 104 cm³/mol. The van der Waals surface area contributed by atoms with Crippen LogP contribution in [0.3, 0.4) is 0 Å². The van der Waals surface area contributed by atoms with E-state index in [1.807, 2.05) is 67.3 Å². The van der Waals surface area contributed by atoms with Gasteiger partial charge in [-0.25, -0.2) is 0 Å². The van der Waals surface area contributed by atoms with Gasteiger partial charge in [-0.1, -0.05) is 37.3 Å². The van der Waals surface area contributed by atoms with Crippen LogP contribution in [0.5, 0.6) is 0 Å². The van der Waals surface area contributed by atoms with Gasteiger partial charge >= 0.3 is 0 Å². The van der Waals surface area contributed by atoms with Gasteiger partial charge in [0.2, 0.25) is 11.8 Å². The molecule has 5 heteroatoms. The molecule has 1 aliphatic rings. The minimum Gasteiger partial charge on any atom is -0.326 e. The standard InChI is InChI=1S/C20H22N2O2S/c1-3-6-18(23)21-16-11-9-15(10-12-16)20-22(19(24)13-25-20)17-8-5-4-7-14(17)2/h4-5,7-12,20H,3,6,13H2,1-2H3,(H,21,23)/t20-/m1/s1. The second kappa shape index (κ2) is 7.74. The molecule has 4 nitrogen and oxygen atoms in total. The van der Waals surface area contributed by atoms with Crippen molar-refractivity contribution in [3.63, 3.8) is 0 Å².